The SMILES string of the molecule is [O]=[AlH].c1cc[nH]c1. The van der Waals surface area contributed by atoms with Crippen LogP contribution in [0.3, 0.4) is 0 Å². The van der Waals surface area contributed by atoms with Crippen LogP contribution in [-0.2, 0) is 3.80 Å². The molecule has 0 aliphatic carbocycles. The van der Waals surface area contributed by atoms with Crippen LogP contribution in [0.25, 0.3) is 0 Å². The van der Waals surface area contributed by atoms with E-state index >= 15 is 0 Å². The zero-order chi connectivity index (χ0) is 5.54. The summed E-state index contributed by atoms with van der Waals surface area (Å²) in [4.78, 5) is 2.86. The molecule has 0 fully saturated rings. The van der Waals surface area contributed by atoms with Gasteiger partial charge in [-0.05, 0) is 12.1 Å². The monoisotopic (exact) mass is 111 g/mol. The van der Waals surface area contributed by atoms with Crippen LogP contribution in [0.5, 0.6) is 0 Å². The van der Waals surface area contributed by atoms with E-state index in [-0.39, 0.29) is 0 Å². The molecule has 0 saturated carbocycles. The maximum absolute atomic E-state index is 8.28. The molecule has 1 rings (SSSR count). The van der Waals surface area contributed by atoms with Crippen LogP contribution in [0, 0.1) is 0 Å². The van der Waals surface area contributed by atoms with E-state index in [4.69, 9.17) is 3.80 Å². The average molecular weight is 111 g/mol. The standard InChI is InChI=1S/C4H5N.Al.O.H/c1-2-4-5-3-1;;;/h1-5H;;;. The van der Waals surface area contributed by atoms with Crippen LogP contribution in [0.4, 0.5) is 0 Å². The molecule has 0 unspecified atom stereocenters. The molecule has 3 heteroatoms. The van der Waals surface area contributed by atoms with E-state index in [1.165, 1.54) is 0 Å². The minimum Gasteiger partial charge on any atom is -0.368 e. The van der Waals surface area contributed by atoms with Gasteiger partial charge in [-0.2, -0.15) is 0 Å². The van der Waals surface area contributed by atoms with E-state index in [0.29, 0.717) is 16.2 Å². The van der Waals surface area contributed by atoms with Crippen molar-refractivity contribution >= 4 is 16.2 Å². The summed E-state index contributed by atoms with van der Waals surface area (Å²) in [5.41, 5.74) is 0. The Labute approximate surface area is 50.2 Å². The van der Waals surface area contributed by atoms with Gasteiger partial charge in [0.25, 0.3) is 0 Å². The first kappa shape index (κ1) is 6.61. The Morgan fingerprint density at radius 1 is 1.14 bits per heavy atom. The van der Waals surface area contributed by atoms with Crippen LogP contribution in [0.2, 0.25) is 0 Å². The van der Waals surface area contributed by atoms with Crippen molar-refractivity contribution in [2.24, 2.45) is 0 Å². The third-order valence-corrected chi connectivity index (χ3v) is 0.496. The van der Waals surface area contributed by atoms with Crippen molar-refractivity contribution in [3.8, 4) is 0 Å². The summed E-state index contributed by atoms with van der Waals surface area (Å²) < 4.78 is 8.28. The molecule has 2 nitrogen and oxygen atoms in total. The second kappa shape index (κ2) is 5.61. The number of hydrogen-bond donors (Lipinski definition) is 1. The predicted octanol–water partition coefficient (Wildman–Crippen LogP) is 0.247. The van der Waals surface area contributed by atoms with Gasteiger partial charge in [0.15, 0.2) is 0 Å². The van der Waals surface area contributed by atoms with E-state index < -0.39 is 0 Å². The Morgan fingerprint density at radius 2 is 1.57 bits per heavy atom. The van der Waals surface area contributed by atoms with Gasteiger partial charge in [-0.1, -0.05) is 0 Å². The Bertz CT molecular complexity index is 78.6. The maximum atomic E-state index is 8.28. The summed E-state index contributed by atoms with van der Waals surface area (Å²) in [6.45, 7) is 0. The minimum absolute atomic E-state index is 0.611. The molecule has 0 saturated heterocycles. The summed E-state index contributed by atoms with van der Waals surface area (Å²) in [5, 5.41) is 0. The number of nitrogens with one attached hydrogen (secondary N) is 1. The maximum Gasteiger partial charge on any atom is 0.000496 e. The molecule has 36 valence electrons. The van der Waals surface area contributed by atoms with Gasteiger partial charge in [0.2, 0.25) is 0 Å². The van der Waals surface area contributed by atoms with Gasteiger partial charge < -0.3 is 4.98 Å². The fourth-order valence-electron chi connectivity index (χ4n) is 0.278. The first-order valence-electron chi connectivity index (χ1n) is 1.87. The molecule has 7 heavy (non-hydrogen) atoms. The Hall–Kier alpha value is -0.388. The van der Waals surface area contributed by atoms with Crippen LogP contribution in [0.1, 0.15) is 0 Å². The van der Waals surface area contributed by atoms with Crippen molar-refractivity contribution in [3.63, 3.8) is 0 Å². The van der Waals surface area contributed by atoms with Crippen LogP contribution in [-0.4, -0.2) is 21.2 Å². The fraction of sp³-hybridized carbons (Fsp3) is 0. The van der Waals surface area contributed by atoms with Crippen LogP contribution in [0.15, 0.2) is 24.5 Å². The van der Waals surface area contributed by atoms with Crippen molar-refractivity contribution in [2.45, 2.75) is 0 Å². The molecule has 1 N–H and O–H groups in total. The van der Waals surface area contributed by atoms with E-state index in [9.17, 15) is 0 Å². The first-order chi connectivity index (χ1) is 3.50. The molecular weight excluding hydrogens is 105 g/mol. The second-order valence-electron chi connectivity index (χ2n) is 0.885. The number of aromatic amines is 1. The molecule has 0 aliphatic heterocycles. The molecule has 1 aromatic heterocycles. The van der Waals surface area contributed by atoms with Crippen LogP contribution < -0.4 is 0 Å². The fourth-order valence-corrected chi connectivity index (χ4v) is 0.278. The van der Waals surface area contributed by atoms with E-state index in [2.05, 4.69) is 4.98 Å². The summed E-state index contributed by atoms with van der Waals surface area (Å²) in [5.74, 6) is 0. The third kappa shape index (κ3) is 3.44. The third-order valence-electron chi connectivity index (χ3n) is 0.496. The first-order valence-corrected chi connectivity index (χ1v) is 2.44. The summed E-state index contributed by atoms with van der Waals surface area (Å²) in [6, 6.07) is 3.89. The van der Waals surface area contributed by atoms with E-state index in [0.717, 1.165) is 0 Å². The normalized spacial score (nSPS) is 6.14. The summed E-state index contributed by atoms with van der Waals surface area (Å²) in [7, 11) is 0. The van der Waals surface area contributed by atoms with Gasteiger partial charge in [0.05, 0.1) is 0 Å². The number of H-pyrrole nitrogens is 1. The molecular formula is C4H6AlNO. The zero-order valence-electron chi connectivity index (χ0n) is 3.92. The largest absolute Gasteiger partial charge is 0.368 e. The Kier molecular flexibility index (Phi) is 5.30. The Balaban J connectivity index is 0.000000162. The second-order valence-corrected chi connectivity index (χ2v) is 0.885. The molecule has 0 amide bonds. The topological polar surface area (TPSA) is 32.9 Å². The number of aromatic nitrogens is 1. The van der Waals surface area contributed by atoms with Gasteiger partial charge in [-0.3, -0.25) is 0 Å². The number of rotatable bonds is 0. The average Bonchev–Trinajstić information content (AvgIpc) is 2.23. The van der Waals surface area contributed by atoms with Gasteiger partial charge in [-0.15, -0.1) is 0 Å². The van der Waals surface area contributed by atoms with E-state index in [1.807, 2.05) is 24.5 Å². The van der Waals surface area contributed by atoms with Crippen molar-refractivity contribution in [1.82, 2.24) is 4.98 Å². The molecule has 1 aromatic rings. The molecule has 0 aromatic carbocycles. The minimum atomic E-state index is 0.611. The predicted molar refractivity (Wildman–Crippen MR) is 28.6 cm³/mol. The summed E-state index contributed by atoms with van der Waals surface area (Å²) in [6.07, 6.45) is 3.75. The van der Waals surface area contributed by atoms with Crippen molar-refractivity contribution in [3.05, 3.63) is 24.5 Å². The van der Waals surface area contributed by atoms with Crippen molar-refractivity contribution in [2.75, 3.05) is 0 Å². The van der Waals surface area contributed by atoms with Gasteiger partial charge in [0.1, 0.15) is 0 Å². The molecule has 0 atom stereocenters. The van der Waals surface area contributed by atoms with Gasteiger partial charge in [-0.25, -0.2) is 0 Å². The van der Waals surface area contributed by atoms with Gasteiger partial charge in [0, 0.05) is 12.4 Å². The Morgan fingerprint density at radius 3 is 1.71 bits per heavy atom. The summed E-state index contributed by atoms with van der Waals surface area (Å²) >= 11 is 0.611. The number of hydrogen-bond acceptors (Lipinski definition) is 1. The zero-order valence-corrected chi connectivity index (χ0v) is 5.34. The van der Waals surface area contributed by atoms with Crippen LogP contribution >= 0.6 is 0 Å². The molecule has 1 heterocycles. The molecule has 0 bridgehead atoms. The molecule has 0 aliphatic rings. The van der Waals surface area contributed by atoms with Crippen molar-refractivity contribution in [1.29, 1.82) is 0 Å². The smallest absolute Gasteiger partial charge is 0.000496 e. The van der Waals surface area contributed by atoms with E-state index in [1.54, 1.807) is 0 Å². The molecule has 0 spiro atoms. The van der Waals surface area contributed by atoms with Gasteiger partial charge >= 0.3 is 20.0 Å². The van der Waals surface area contributed by atoms with Crippen molar-refractivity contribution < 1.29 is 3.80 Å². The quantitative estimate of drug-likeness (QED) is 0.478. The molecule has 0 radical (unpaired) electrons.